The average Bonchev–Trinajstić information content (AvgIpc) is 3.63. The molecule has 2 amide bonds. The van der Waals surface area contributed by atoms with Crippen molar-refractivity contribution in [3.63, 3.8) is 0 Å². The van der Waals surface area contributed by atoms with Crippen molar-refractivity contribution in [2.45, 2.75) is 63.5 Å². The van der Waals surface area contributed by atoms with Crippen molar-refractivity contribution in [3.8, 4) is 11.1 Å². The van der Waals surface area contributed by atoms with E-state index in [1.807, 2.05) is 31.2 Å². The highest BCUT2D eigenvalue weighted by atomic mass is 16.5. The zero-order chi connectivity index (χ0) is 24.1. The van der Waals surface area contributed by atoms with E-state index >= 15 is 0 Å². The molecule has 1 saturated carbocycles. The van der Waals surface area contributed by atoms with Crippen LogP contribution in [0.2, 0.25) is 0 Å². The molecule has 3 N–H and O–H groups in total. The lowest BCUT2D eigenvalue weighted by atomic mass is 9.98. The van der Waals surface area contributed by atoms with Crippen LogP contribution in [0.25, 0.3) is 11.1 Å². The zero-order valence-electron chi connectivity index (χ0n) is 19.5. The summed E-state index contributed by atoms with van der Waals surface area (Å²) in [5.74, 6) is -0.792. The summed E-state index contributed by atoms with van der Waals surface area (Å²) in [7, 11) is 0. The third-order valence-corrected chi connectivity index (χ3v) is 6.81. The SMILES string of the molecule is CCC(CCC(=O)O)NC(=O)CC(NC(=O)OCC1c2ccccc2-c2ccccc21)C1CC1. The first-order valence-corrected chi connectivity index (χ1v) is 12.1. The number of carbonyl (C=O) groups is 3. The molecule has 7 nitrogen and oxygen atoms in total. The van der Waals surface area contributed by atoms with Gasteiger partial charge in [-0.15, -0.1) is 0 Å². The van der Waals surface area contributed by atoms with E-state index in [0.29, 0.717) is 12.8 Å². The van der Waals surface area contributed by atoms with Gasteiger partial charge in [0.05, 0.1) is 0 Å². The first kappa shape index (κ1) is 23.8. The van der Waals surface area contributed by atoms with Crippen LogP contribution < -0.4 is 10.6 Å². The van der Waals surface area contributed by atoms with E-state index in [-0.39, 0.29) is 49.3 Å². The third-order valence-electron chi connectivity index (χ3n) is 6.81. The molecule has 2 aromatic carbocycles. The number of nitrogens with one attached hydrogen (secondary N) is 2. The number of hydrogen-bond donors (Lipinski definition) is 3. The van der Waals surface area contributed by atoms with Gasteiger partial charge in [0.25, 0.3) is 0 Å². The molecule has 0 heterocycles. The van der Waals surface area contributed by atoms with Crippen LogP contribution in [0.1, 0.15) is 62.5 Å². The summed E-state index contributed by atoms with van der Waals surface area (Å²) in [6, 6.07) is 15.9. The zero-order valence-corrected chi connectivity index (χ0v) is 19.5. The number of ether oxygens (including phenoxy) is 1. The molecule has 2 atom stereocenters. The number of carboxylic acids is 1. The minimum absolute atomic E-state index is 0.0135. The Bertz CT molecular complexity index is 1000. The first-order chi connectivity index (χ1) is 16.5. The second kappa shape index (κ2) is 10.7. The minimum atomic E-state index is -0.875. The van der Waals surface area contributed by atoms with Gasteiger partial charge in [0.1, 0.15) is 6.61 Å². The van der Waals surface area contributed by atoms with Crippen molar-refractivity contribution < 1.29 is 24.2 Å². The van der Waals surface area contributed by atoms with Crippen molar-refractivity contribution in [3.05, 3.63) is 59.7 Å². The number of amides is 2. The van der Waals surface area contributed by atoms with E-state index in [9.17, 15) is 14.4 Å². The van der Waals surface area contributed by atoms with Crippen molar-refractivity contribution in [2.75, 3.05) is 6.61 Å². The van der Waals surface area contributed by atoms with E-state index in [0.717, 1.165) is 24.0 Å². The molecule has 7 heteroatoms. The molecule has 0 aliphatic heterocycles. The summed E-state index contributed by atoms with van der Waals surface area (Å²) < 4.78 is 5.65. The predicted molar refractivity (Wildman–Crippen MR) is 128 cm³/mol. The number of carbonyl (C=O) groups excluding carboxylic acids is 2. The maximum Gasteiger partial charge on any atom is 0.407 e. The Morgan fingerprint density at radius 3 is 2.18 bits per heavy atom. The van der Waals surface area contributed by atoms with E-state index in [2.05, 4.69) is 34.9 Å². The topological polar surface area (TPSA) is 105 Å². The Kier molecular flexibility index (Phi) is 7.50. The highest BCUT2D eigenvalue weighted by Gasteiger charge is 2.35. The van der Waals surface area contributed by atoms with Gasteiger partial charge in [-0.05, 0) is 53.9 Å². The third kappa shape index (κ3) is 5.76. The van der Waals surface area contributed by atoms with E-state index in [1.165, 1.54) is 11.1 Å². The van der Waals surface area contributed by atoms with Gasteiger partial charge in [-0.25, -0.2) is 4.79 Å². The molecule has 2 aliphatic rings. The maximum atomic E-state index is 12.7. The van der Waals surface area contributed by atoms with Crippen LogP contribution in [0.3, 0.4) is 0 Å². The number of alkyl carbamates (subject to hydrolysis) is 1. The summed E-state index contributed by atoms with van der Waals surface area (Å²) in [6.07, 6.45) is 2.67. The van der Waals surface area contributed by atoms with Crippen LogP contribution in [0.15, 0.2) is 48.5 Å². The van der Waals surface area contributed by atoms with Gasteiger partial charge >= 0.3 is 12.1 Å². The lowest BCUT2D eigenvalue weighted by molar-refractivity contribution is -0.137. The Morgan fingerprint density at radius 2 is 1.62 bits per heavy atom. The average molecular weight is 465 g/mol. The maximum absolute atomic E-state index is 12.7. The molecule has 2 aliphatic carbocycles. The number of benzene rings is 2. The molecule has 0 saturated heterocycles. The largest absolute Gasteiger partial charge is 0.481 e. The standard InChI is InChI=1S/C27H32N2O5/c1-2-18(13-14-26(31)32)28-25(30)15-24(17-11-12-17)29-27(33)34-16-23-21-9-5-3-7-19(21)20-8-4-6-10-22(20)23/h3-10,17-18,23-24H,2,11-16H2,1H3,(H,28,30)(H,29,33)(H,31,32). The summed E-state index contributed by atoms with van der Waals surface area (Å²) in [5, 5.41) is 14.7. The van der Waals surface area contributed by atoms with E-state index in [1.54, 1.807) is 0 Å². The minimum Gasteiger partial charge on any atom is -0.481 e. The van der Waals surface area contributed by atoms with Crippen LogP contribution in [-0.2, 0) is 14.3 Å². The van der Waals surface area contributed by atoms with Crippen LogP contribution in [-0.4, -0.2) is 41.8 Å². The smallest absolute Gasteiger partial charge is 0.407 e. The molecule has 1 fully saturated rings. The molecule has 0 aromatic heterocycles. The van der Waals surface area contributed by atoms with Crippen molar-refractivity contribution in [2.24, 2.45) is 5.92 Å². The highest BCUT2D eigenvalue weighted by molar-refractivity contribution is 5.80. The quantitative estimate of drug-likeness (QED) is 0.456. The lowest BCUT2D eigenvalue weighted by Gasteiger charge is -2.21. The van der Waals surface area contributed by atoms with Crippen LogP contribution in [0.5, 0.6) is 0 Å². The van der Waals surface area contributed by atoms with Gasteiger partial charge in [0.15, 0.2) is 0 Å². The van der Waals surface area contributed by atoms with E-state index < -0.39 is 12.1 Å². The number of aliphatic carboxylic acids is 1. The molecule has 4 rings (SSSR count). The Morgan fingerprint density at radius 1 is 1.00 bits per heavy atom. The van der Waals surface area contributed by atoms with Crippen molar-refractivity contribution >= 4 is 18.0 Å². The van der Waals surface area contributed by atoms with Crippen molar-refractivity contribution in [1.82, 2.24) is 10.6 Å². The molecule has 34 heavy (non-hydrogen) atoms. The molecule has 2 unspecified atom stereocenters. The second-order valence-electron chi connectivity index (χ2n) is 9.22. The highest BCUT2D eigenvalue weighted by Crippen LogP contribution is 2.44. The normalized spacial score (nSPS) is 16.1. The van der Waals surface area contributed by atoms with Crippen LogP contribution in [0.4, 0.5) is 4.79 Å². The second-order valence-corrected chi connectivity index (χ2v) is 9.22. The Hall–Kier alpha value is -3.35. The molecular weight excluding hydrogens is 432 g/mol. The molecule has 0 radical (unpaired) electrons. The summed E-state index contributed by atoms with van der Waals surface area (Å²) >= 11 is 0. The first-order valence-electron chi connectivity index (χ1n) is 12.1. The fraction of sp³-hybridized carbons (Fsp3) is 0.444. The Balaban J connectivity index is 1.32. The molecule has 2 aromatic rings. The van der Waals surface area contributed by atoms with Crippen molar-refractivity contribution in [1.29, 1.82) is 0 Å². The van der Waals surface area contributed by atoms with Gasteiger partial charge in [-0.1, -0.05) is 55.5 Å². The predicted octanol–water partition coefficient (Wildman–Crippen LogP) is 4.45. The van der Waals surface area contributed by atoms with Crippen LogP contribution in [0, 0.1) is 5.92 Å². The Labute approximate surface area is 199 Å². The van der Waals surface area contributed by atoms with Gasteiger partial charge in [0.2, 0.25) is 5.91 Å². The van der Waals surface area contributed by atoms with Gasteiger partial charge in [-0.3, -0.25) is 9.59 Å². The molecule has 0 bridgehead atoms. The fourth-order valence-corrected chi connectivity index (χ4v) is 4.79. The lowest BCUT2D eigenvalue weighted by Crippen LogP contribution is -2.43. The number of carboxylic acid groups (broad SMARTS) is 1. The summed E-state index contributed by atoms with van der Waals surface area (Å²) in [6.45, 7) is 2.15. The summed E-state index contributed by atoms with van der Waals surface area (Å²) in [4.78, 5) is 36.1. The van der Waals surface area contributed by atoms with Gasteiger partial charge in [0, 0.05) is 30.8 Å². The van der Waals surface area contributed by atoms with Gasteiger partial charge in [-0.2, -0.15) is 0 Å². The molecule has 0 spiro atoms. The monoisotopic (exact) mass is 464 g/mol. The number of hydrogen-bond acceptors (Lipinski definition) is 4. The number of rotatable bonds is 11. The molecular formula is C27H32N2O5. The number of fused-ring (bicyclic) bond motifs is 3. The fourth-order valence-electron chi connectivity index (χ4n) is 4.79. The summed E-state index contributed by atoms with van der Waals surface area (Å²) in [5.41, 5.74) is 4.66. The van der Waals surface area contributed by atoms with Gasteiger partial charge < -0.3 is 20.5 Å². The van der Waals surface area contributed by atoms with E-state index in [4.69, 9.17) is 9.84 Å². The molecule has 180 valence electrons. The van der Waals surface area contributed by atoms with Crippen LogP contribution >= 0.6 is 0 Å².